The van der Waals surface area contributed by atoms with Gasteiger partial charge in [-0.3, -0.25) is 0 Å². The van der Waals surface area contributed by atoms with E-state index in [0.29, 0.717) is 5.75 Å². The van der Waals surface area contributed by atoms with Gasteiger partial charge in [0, 0.05) is 10.9 Å². The summed E-state index contributed by atoms with van der Waals surface area (Å²) >= 11 is 0. The molecule has 110 valence electrons. The van der Waals surface area contributed by atoms with Crippen LogP contribution in [0.15, 0.2) is 66.7 Å². The average Bonchev–Trinajstić information content (AvgIpc) is 2.54. The maximum absolute atomic E-state index is 12.1. The number of rotatable bonds is 1. The van der Waals surface area contributed by atoms with Crippen LogP contribution in [-0.2, 0) is 10.3 Å². The van der Waals surface area contributed by atoms with Gasteiger partial charge in [0.2, 0.25) is 0 Å². The van der Waals surface area contributed by atoms with Crippen molar-refractivity contribution in [2.45, 2.75) is 6.04 Å². The van der Waals surface area contributed by atoms with Crippen molar-refractivity contribution in [3.8, 4) is 5.75 Å². The van der Waals surface area contributed by atoms with Crippen LogP contribution >= 0.6 is 0 Å². The van der Waals surface area contributed by atoms with Gasteiger partial charge in [0.05, 0.1) is 6.04 Å². The van der Waals surface area contributed by atoms with E-state index in [1.54, 1.807) is 0 Å². The molecule has 0 aromatic heterocycles. The zero-order valence-electron chi connectivity index (χ0n) is 11.6. The van der Waals surface area contributed by atoms with Crippen molar-refractivity contribution in [1.29, 1.82) is 0 Å². The summed E-state index contributed by atoms with van der Waals surface area (Å²) in [5, 5.41) is 1.75. The summed E-state index contributed by atoms with van der Waals surface area (Å²) in [7, 11) is -3.83. The Bertz CT molecular complexity index is 952. The van der Waals surface area contributed by atoms with Gasteiger partial charge >= 0.3 is 10.3 Å². The Morgan fingerprint density at radius 1 is 0.864 bits per heavy atom. The third-order valence-electron chi connectivity index (χ3n) is 3.81. The molecule has 0 saturated heterocycles. The molecule has 1 heterocycles. The summed E-state index contributed by atoms with van der Waals surface area (Å²) in [4.78, 5) is 0. The highest BCUT2D eigenvalue weighted by Gasteiger charge is 2.32. The van der Waals surface area contributed by atoms with E-state index in [1.807, 2.05) is 66.7 Å². The molecule has 3 aromatic rings. The monoisotopic (exact) mass is 311 g/mol. The molecular formula is C17H13NO3S. The Hall–Kier alpha value is -2.37. The van der Waals surface area contributed by atoms with Gasteiger partial charge in [0.15, 0.2) is 5.75 Å². The van der Waals surface area contributed by atoms with E-state index in [-0.39, 0.29) is 0 Å². The third kappa shape index (κ3) is 2.15. The fourth-order valence-corrected chi connectivity index (χ4v) is 3.82. The molecule has 0 saturated carbocycles. The molecule has 5 heteroatoms. The number of fused-ring (bicyclic) bond motifs is 3. The number of benzene rings is 3. The molecule has 0 spiro atoms. The molecule has 4 nitrogen and oxygen atoms in total. The van der Waals surface area contributed by atoms with E-state index in [2.05, 4.69) is 4.72 Å². The molecule has 0 bridgehead atoms. The predicted octanol–water partition coefficient (Wildman–Crippen LogP) is 3.16. The van der Waals surface area contributed by atoms with Gasteiger partial charge in [-0.1, -0.05) is 66.7 Å². The van der Waals surface area contributed by atoms with Crippen LogP contribution in [0.5, 0.6) is 5.75 Å². The van der Waals surface area contributed by atoms with Crippen LogP contribution in [0.2, 0.25) is 0 Å². The summed E-state index contributed by atoms with van der Waals surface area (Å²) in [5.74, 6) is 0.408. The summed E-state index contributed by atoms with van der Waals surface area (Å²) < 4.78 is 32.0. The first-order chi connectivity index (χ1) is 10.6. The molecule has 4 rings (SSSR count). The fourth-order valence-electron chi connectivity index (χ4n) is 2.81. The molecule has 0 unspecified atom stereocenters. The van der Waals surface area contributed by atoms with Crippen molar-refractivity contribution in [3.63, 3.8) is 0 Å². The number of hydrogen-bond donors (Lipinski definition) is 1. The Balaban J connectivity index is 2.00. The highest BCUT2D eigenvalue weighted by Crippen LogP contribution is 2.40. The van der Waals surface area contributed by atoms with Gasteiger partial charge in [0.25, 0.3) is 0 Å². The van der Waals surface area contributed by atoms with Crippen molar-refractivity contribution >= 4 is 21.1 Å². The van der Waals surface area contributed by atoms with Gasteiger partial charge in [-0.15, -0.1) is 0 Å². The van der Waals surface area contributed by atoms with Crippen molar-refractivity contribution in [2.24, 2.45) is 0 Å². The standard InChI is InChI=1S/C17H13NO3S/c19-22(20)18-16(13-7-2-1-3-8-13)15-11-10-12-6-4-5-9-14(12)17(15)21-22/h1-11,16,18H/t16-/m1/s1. The molecule has 0 radical (unpaired) electrons. The number of hydrogen-bond acceptors (Lipinski definition) is 3. The van der Waals surface area contributed by atoms with Crippen LogP contribution in [0.3, 0.4) is 0 Å². The summed E-state index contributed by atoms with van der Waals surface area (Å²) in [6, 6.07) is 20.5. The summed E-state index contributed by atoms with van der Waals surface area (Å²) in [6.45, 7) is 0. The van der Waals surface area contributed by atoms with Gasteiger partial charge < -0.3 is 4.18 Å². The highest BCUT2D eigenvalue weighted by molar-refractivity contribution is 7.85. The molecule has 1 atom stereocenters. The lowest BCUT2D eigenvalue weighted by molar-refractivity contribution is 0.445. The minimum absolute atomic E-state index is 0.408. The number of nitrogens with one attached hydrogen (secondary N) is 1. The third-order valence-corrected chi connectivity index (χ3v) is 4.72. The van der Waals surface area contributed by atoms with Crippen molar-refractivity contribution < 1.29 is 12.6 Å². The van der Waals surface area contributed by atoms with E-state index in [9.17, 15) is 8.42 Å². The minimum atomic E-state index is -3.83. The first kappa shape index (κ1) is 13.3. The van der Waals surface area contributed by atoms with Gasteiger partial charge in [0.1, 0.15) is 0 Å². The van der Waals surface area contributed by atoms with E-state index in [1.165, 1.54) is 0 Å². The first-order valence-electron chi connectivity index (χ1n) is 6.92. The molecule has 1 aliphatic rings. The topological polar surface area (TPSA) is 55.4 Å². The molecule has 0 aliphatic carbocycles. The maximum Gasteiger partial charge on any atom is 0.383 e. The van der Waals surface area contributed by atoms with Crippen molar-refractivity contribution in [2.75, 3.05) is 0 Å². The van der Waals surface area contributed by atoms with Crippen LogP contribution in [0, 0.1) is 0 Å². The average molecular weight is 311 g/mol. The molecular weight excluding hydrogens is 298 g/mol. The lowest BCUT2D eigenvalue weighted by Crippen LogP contribution is -2.37. The van der Waals surface area contributed by atoms with Crippen LogP contribution in [0.25, 0.3) is 10.8 Å². The predicted molar refractivity (Wildman–Crippen MR) is 84.9 cm³/mol. The normalized spacial score (nSPS) is 19.4. The molecule has 1 N–H and O–H groups in total. The quantitative estimate of drug-likeness (QED) is 0.751. The largest absolute Gasteiger partial charge is 0.383 e. The Morgan fingerprint density at radius 3 is 2.41 bits per heavy atom. The lowest BCUT2D eigenvalue weighted by atomic mass is 9.96. The zero-order valence-corrected chi connectivity index (χ0v) is 12.4. The molecule has 3 aromatic carbocycles. The van der Waals surface area contributed by atoms with Crippen LogP contribution in [-0.4, -0.2) is 8.42 Å². The highest BCUT2D eigenvalue weighted by atomic mass is 32.2. The van der Waals surface area contributed by atoms with E-state index in [0.717, 1.165) is 21.9 Å². The molecule has 22 heavy (non-hydrogen) atoms. The van der Waals surface area contributed by atoms with Crippen LogP contribution in [0.4, 0.5) is 0 Å². The zero-order chi connectivity index (χ0) is 15.2. The van der Waals surface area contributed by atoms with Crippen LogP contribution < -0.4 is 8.91 Å². The summed E-state index contributed by atoms with van der Waals surface area (Å²) in [6.07, 6.45) is 0. The van der Waals surface area contributed by atoms with Gasteiger partial charge in [-0.05, 0) is 10.9 Å². The van der Waals surface area contributed by atoms with E-state index >= 15 is 0 Å². The Morgan fingerprint density at radius 2 is 1.59 bits per heavy atom. The smallest absolute Gasteiger partial charge is 0.370 e. The molecule has 0 fully saturated rings. The second-order valence-electron chi connectivity index (χ2n) is 5.20. The SMILES string of the molecule is O=S1(=O)N[C@H](c2ccccc2)c2ccc3ccccc3c2O1. The fraction of sp³-hybridized carbons (Fsp3) is 0.0588. The van der Waals surface area contributed by atoms with Crippen LogP contribution in [0.1, 0.15) is 17.2 Å². The molecule has 0 amide bonds. The lowest BCUT2D eigenvalue weighted by Gasteiger charge is -2.27. The van der Waals surface area contributed by atoms with Crippen molar-refractivity contribution in [1.82, 2.24) is 4.72 Å². The van der Waals surface area contributed by atoms with E-state index < -0.39 is 16.3 Å². The first-order valence-corrected chi connectivity index (χ1v) is 8.33. The minimum Gasteiger partial charge on any atom is -0.370 e. The molecule has 1 aliphatic heterocycles. The maximum atomic E-state index is 12.1. The summed E-state index contributed by atoms with van der Waals surface area (Å²) in [5.41, 5.74) is 1.70. The Kier molecular flexibility index (Phi) is 2.92. The van der Waals surface area contributed by atoms with Gasteiger partial charge in [-0.2, -0.15) is 13.1 Å². The second-order valence-corrected chi connectivity index (χ2v) is 6.51. The second kappa shape index (κ2) is 4.83. The Labute approximate surface area is 128 Å². The van der Waals surface area contributed by atoms with E-state index in [4.69, 9.17) is 4.18 Å². The van der Waals surface area contributed by atoms with Gasteiger partial charge in [-0.25, -0.2) is 0 Å². The van der Waals surface area contributed by atoms with Crippen molar-refractivity contribution in [3.05, 3.63) is 77.9 Å².